The fourth-order valence-electron chi connectivity index (χ4n) is 1.03. The maximum Gasteiger partial charge on any atom is 0.0587 e. The third kappa shape index (κ3) is 0.869. The van der Waals surface area contributed by atoms with E-state index in [1.54, 1.807) is 0 Å². The first kappa shape index (κ1) is 6.43. The SMILES string of the molecule is CS[C@H]1C[C@H](O)[C@H]1C. The molecule has 0 unspecified atom stereocenters. The molecule has 48 valence electrons. The minimum absolute atomic E-state index is 0.00699. The highest BCUT2D eigenvalue weighted by Crippen LogP contribution is 2.35. The van der Waals surface area contributed by atoms with Gasteiger partial charge in [-0.05, 0) is 18.6 Å². The Morgan fingerprint density at radius 3 is 2.38 bits per heavy atom. The largest absolute Gasteiger partial charge is 0.393 e. The first-order valence-corrected chi connectivity index (χ1v) is 4.25. The van der Waals surface area contributed by atoms with Gasteiger partial charge in [0.05, 0.1) is 6.10 Å². The standard InChI is InChI=1S/C6H12OS/c1-4-5(7)3-6(4)8-2/h4-7H,3H2,1-2H3/t4-,5+,6+/m1/s1. The van der Waals surface area contributed by atoms with Gasteiger partial charge >= 0.3 is 0 Å². The van der Waals surface area contributed by atoms with Crippen molar-refractivity contribution in [3.8, 4) is 0 Å². The second kappa shape index (κ2) is 2.28. The van der Waals surface area contributed by atoms with Crippen molar-refractivity contribution < 1.29 is 5.11 Å². The molecule has 3 atom stereocenters. The number of aliphatic hydroxyl groups is 1. The van der Waals surface area contributed by atoms with Gasteiger partial charge in [-0.3, -0.25) is 0 Å². The molecule has 0 heterocycles. The van der Waals surface area contributed by atoms with Gasteiger partial charge in [-0.2, -0.15) is 11.8 Å². The molecule has 8 heavy (non-hydrogen) atoms. The minimum atomic E-state index is -0.00699. The molecule has 1 nitrogen and oxygen atoms in total. The molecule has 0 aromatic rings. The summed E-state index contributed by atoms with van der Waals surface area (Å²) in [5.41, 5.74) is 0. The van der Waals surface area contributed by atoms with Gasteiger partial charge in [0.2, 0.25) is 0 Å². The molecule has 0 spiro atoms. The van der Waals surface area contributed by atoms with E-state index < -0.39 is 0 Å². The van der Waals surface area contributed by atoms with Crippen molar-refractivity contribution in [2.75, 3.05) is 6.26 Å². The molecule has 0 aromatic carbocycles. The fraction of sp³-hybridized carbons (Fsp3) is 1.00. The van der Waals surface area contributed by atoms with E-state index in [1.807, 2.05) is 11.8 Å². The lowest BCUT2D eigenvalue weighted by Gasteiger charge is -2.37. The van der Waals surface area contributed by atoms with Crippen LogP contribution in [-0.2, 0) is 0 Å². The van der Waals surface area contributed by atoms with Crippen LogP contribution in [0.2, 0.25) is 0 Å². The van der Waals surface area contributed by atoms with E-state index in [0.717, 1.165) is 11.7 Å². The number of thioether (sulfide) groups is 1. The molecule has 1 fully saturated rings. The van der Waals surface area contributed by atoms with Gasteiger partial charge in [-0.1, -0.05) is 6.92 Å². The van der Waals surface area contributed by atoms with Crippen LogP contribution in [0.4, 0.5) is 0 Å². The average Bonchev–Trinajstić information content (AvgIpc) is 1.81. The summed E-state index contributed by atoms with van der Waals surface area (Å²) in [6.07, 6.45) is 3.10. The lowest BCUT2D eigenvalue weighted by atomic mass is 9.83. The first-order valence-electron chi connectivity index (χ1n) is 2.96. The third-order valence-electron chi connectivity index (χ3n) is 1.97. The van der Waals surface area contributed by atoms with E-state index in [-0.39, 0.29) is 6.10 Å². The molecule has 1 aliphatic carbocycles. The zero-order valence-corrected chi connectivity index (χ0v) is 6.11. The van der Waals surface area contributed by atoms with Crippen LogP contribution >= 0.6 is 11.8 Å². The minimum Gasteiger partial charge on any atom is -0.393 e. The second-order valence-corrected chi connectivity index (χ2v) is 3.51. The lowest BCUT2D eigenvalue weighted by Crippen LogP contribution is -2.41. The Hall–Kier alpha value is 0.310. The molecule has 0 saturated heterocycles. The maximum absolute atomic E-state index is 9.00. The van der Waals surface area contributed by atoms with E-state index in [9.17, 15) is 0 Å². The highest BCUT2D eigenvalue weighted by Gasteiger charge is 2.35. The zero-order chi connectivity index (χ0) is 6.15. The van der Waals surface area contributed by atoms with Gasteiger partial charge in [-0.25, -0.2) is 0 Å². The third-order valence-corrected chi connectivity index (χ3v) is 3.20. The molecular formula is C6H12OS. The van der Waals surface area contributed by atoms with Crippen molar-refractivity contribution in [3.05, 3.63) is 0 Å². The quantitative estimate of drug-likeness (QED) is 0.577. The Morgan fingerprint density at radius 2 is 2.25 bits per heavy atom. The summed E-state index contributed by atoms with van der Waals surface area (Å²) in [6.45, 7) is 2.11. The van der Waals surface area contributed by atoms with Crippen molar-refractivity contribution in [2.24, 2.45) is 5.92 Å². The molecule has 0 aliphatic heterocycles. The molecule has 1 saturated carbocycles. The smallest absolute Gasteiger partial charge is 0.0587 e. The first-order chi connectivity index (χ1) is 3.75. The molecule has 2 heteroatoms. The Bertz CT molecular complexity index is 84.6. The van der Waals surface area contributed by atoms with Crippen LogP contribution in [0.5, 0.6) is 0 Å². The number of rotatable bonds is 1. The van der Waals surface area contributed by atoms with Crippen LogP contribution in [0.1, 0.15) is 13.3 Å². The van der Waals surface area contributed by atoms with E-state index in [1.165, 1.54) is 0 Å². The van der Waals surface area contributed by atoms with Crippen LogP contribution in [0.3, 0.4) is 0 Å². The number of aliphatic hydroxyl groups excluding tert-OH is 1. The Balaban J connectivity index is 2.25. The summed E-state index contributed by atoms with van der Waals surface area (Å²) in [6, 6.07) is 0. The Labute approximate surface area is 54.5 Å². The van der Waals surface area contributed by atoms with Gasteiger partial charge in [-0.15, -0.1) is 0 Å². The van der Waals surface area contributed by atoms with Crippen molar-refractivity contribution in [1.29, 1.82) is 0 Å². The number of hydrogen-bond donors (Lipinski definition) is 1. The summed E-state index contributed by atoms with van der Waals surface area (Å²) >= 11 is 1.86. The topological polar surface area (TPSA) is 20.2 Å². The monoisotopic (exact) mass is 132 g/mol. The fourth-order valence-corrected chi connectivity index (χ4v) is 2.03. The normalized spacial score (nSPS) is 46.1. The second-order valence-electron chi connectivity index (χ2n) is 2.44. The Morgan fingerprint density at radius 1 is 1.62 bits per heavy atom. The summed E-state index contributed by atoms with van der Waals surface area (Å²) in [5.74, 6) is 0.532. The molecule has 0 aromatic heterocycles. The maximum atomic E-state index is 9.00. The van der Waals surface area contributed by atoms with Crippen molar-refractivity contribution in [1.82, 2.24) is 0 Å². The van der Waals surface area contributed by atoms with E-state index in [4.69, 9.17) is 5.11 Å². The van der Waals surface area contributed by atoms with Gasteiger partial charge in [0.1, 0.15) is 0 Å². The van der Waals surface area contributed by atoms with E-state index >= 15 is 0 Å². The highest BCUT2D eigenvalue weighted by atomic mass is 32.2. The summed E-state index contributed by atoms with van der Waals surface area (Å²) in [5, 5.41) is 9.73. The summed E-state index contributed by atoms with van der Waals surface area (Å²) < 4.78 is 0. The molecule has 1 N–H and O–H groups in total. The number of hydrogen-bond acceptors (Lipinski definition) is 2. The van der Waals surface area contributed by atoms with Gasteiger partial charge in [0, 0.05) is 5.25 Å². The lowest BCUT2D eigenvalue weighted by molar-refractivity contribution is 0.0417. The van der Waals surface area contributed by atoms with Gasteiger partial charge in [0.15, 0.2) is 0 Å². The molecule has 0 radical (unpaired) electrons. The predicted molar refractivity (Wildman–Crippen MR) is 37.1 cm³/mol. The molecule has 0 bridgehead atoms. The highest BCUT2D eigenvalue weighted by molar-refractivity contribution is 7.99. The zero-order valence-electron chi connectivity index (χ0n) is 5.29. The molecule has 1 rings (SSSR count). The van der Waals surface area contributed by atoms with Crippen molar-refractivity contribution in [3.63, 3.8) is 0 Å². The van der Waals surface area contributed by atoms with E-state index in [0.29, 0.717) is 5.92 Å². The summed E-state index contributed by atoms with van der Waals surface area (Å²) in [7, 11) is 0. The summed E-state index contributed by atoms with van der Waals surface area (Å²) in [4.78, 5) is 0. The van der Waals surface area contributed by atoms with Gasteiger partial charge in [0.25, 0.3) is 0 Å². The van der Waals surface area contributed by atoms with Crippen LogP contribution in [0, 0.1) is 5.92 Å². The Kier molecular flexibility index (Phi) is 1.83. The van der Waals surface area contributed by atoms with Crippen LogP contribution in [0.15, 0.2) is 0 Å². The van der Waals surface area contributed by atoms with Crippen LogP contribution < -0.4 is 0 Å². The van der Waals surface area contributed by atoms with E-state index in [2.05, 4.69) is 13.2 Å². The van der Waals surface area contributed by atoms with Crippen LogP contribution in [0.25, 0.3) is 0 Å². The van der Waals surface area contributed by atoms with Crippen LogP contribution in [-0.4, -0.2) is 22.7 Å². The molecule has 0 amide bonds. The predicted octanol–water partition coefficient (Wildman–Crippen LogP) is 1.12. The molecule has 1 aliphatic rings. The molecular weight excluding hydrogens is 120 g/mol. The van der Waals surface area contributed by atoms with Crippen molar-refractivity contribution in [2.45, 2.75) is 24.7 Å². The average molecular weight is 132 g/mol. The van der Waals surface area contributed by atoms with Gasteiger partial charge < -0.3 is 5.11 Å². The van der Waals surface area contributed by atoms with Crippen molar-refractivity contribution >= 4 is 11.8 Å².